The van der Waals surface area contributed by atoms with Crippen molar-refractivity contribution in [3.05, 3.63) is 0 Å². The van der Waals surface area contributed by atoms with Crippen molar-refractivity contribution in [2.24, 2.45) is 0 Å². The van der Waals surface area contributed by atoms with E-state index in [0.29, 0.717) is 0 Å². The van der Waals surface area contributed by atoms with Gasteiger partial charge in [-0.1, -0.05) is 39.0 Å². The van der Waals surface area contributed by atoms with Crippen LogP contribution in [0.3, 0.4) is 0 Å². The lowest BCUT2D eigenvalue weighted by Gasteiger charge is -2.32. The van der Waals surface area contributed by atoms with Gasteiger partial charge >= 0.3 is 0 Å². The van der Waals surface area contributed by atoms with E-state index >= 15 is 0 Å². The average molecular weight is 254 g/mol. The topological polar surface area (TPSA) is 15.3 Å². The van der Waals surface area contributed by atoms with Gasteiger partial charge < -0.3 is 10.2 Å². The fourth-order valence-corrected chi connectivity index (χ4v) is 3.01. The molecule has 0 aromatic rings. The molecule has 0 aromatic heterocycles. The summed E-state index contributed by atoms with van der Waals surface area (Å²) in [7, 11) is 2.34. The lowest BCUT2D eigenvalue weighted by Crippen LogP contribution is -2.39. The third-order valence-electron chi connectivity index (χ3n) is 4.54. The number of hydrogen-bond acceptors (Lipinski definition) is 2. The van der Waals surface area contributed by atoms with Crippen molar-refractivity contribution in [1.29, 1.82) is 0 Å². The van der Waals surface area contributed by atoms with Gasteiger partial charge in [-0.25, -0.2) is 0 Å². The van der Waals surface area contributed by atoms with Crippen LogP contribution in [0.25, 0.3) is 0 Å². The predicted octanol–water partition coefficient (Wildman–Crippen LogP) is 3.81. The van der Waals surface area contributed by atoms with Gasteiger partial charge in [0.1, 0.15) is 0 Å². The lowest BCUT2D eigenvalue weighted by molar-refractivity contribution is 0.160. The summed E-state index contributed by atoms with van der Waals surface area (Å²) in [5.74, 6) is 0. The molecule has 1 aliphatic heterocycles. The van der Waals surface area contributed by atoms with E-state index in [1.807, 2.05) is 0 Å². The first-order valence-electron chi connectivity index (χ1n) is 8.18. The summed E-state index contributed by atoms with van der Waals surface area (Å²) in [6, 6.07) is 1.57. The number of nitrogens with zero attached hydrogens (tertiary/aromatic N) is 1. The molecule has 1 aliphatic rings. The van der Waals surface area contributed by atoms with Gasteiger partial charge in [-0.05, 0) is 52.7 Å². The first-order chi connectivity index (χ1) is 8.75. The Labute approximate surface area is 115 Å². The van der Waals surface area contributed by atoms with Crippen LogP contribution in [0.2, 0.25) is 0 Å². The summed E-state index contributed by atoms with van der Waals surface area (Å²) in [5, 5.41) is 3.51. The number of nitrogens with one attached hydrogen (secondary N) is 1. The van der Waals surface area contributed by atoms with Gasteiger partial charge in [0.15, 0.2) is 0 Å². The Hall–Kier alpha value is -0.0800. The molecule has 0 saturated carbocycles. The predicted molar refractivity (Wildman–Crippen MR) is 81.1 cm³/mol. The molecule has 1 saturated heterocycles. The molecule has 0 radical (unpaired) electrons. The normalized spacial score (nSPS) is 23.0. The summed E-state index contributed by atoms with van der Waals surface area (Å²) in [6.45, 7) is 7.13. The van der Waals surface area contributed by atoms with Gasteiger partial charge in [0.05, 0.1) is 0 Å². The molecule has 1 heterocycles. The zero-order chi connectivity index (χ0) is 13.2. The van der Waals surface area contributed by atoms with E-state index in [-0.39, 0.29) is 0 Å². The smallest absolute Gasteiger partial charge is 0.0108 e. The Bertz CT molecular complexity index is 186. The monoisotopic (exact) mass is 254 g/mol. The molecule has 0 bridgehead atoms. The van der Waals surface area contributed by atoms with Crippen LogP contribution in [0.1, 0.15) is 71.6 Å². The largest absolute Gasteiger partial charge is 0.317 e. The fourth-order valence-electron chi connectivity index (χ4n) is 3.01. The Balaban J connectivity index is 2.16. The number of rotatable bonds is 8. The minimum atomic E-state index is 0.759. The summed E-state index contributed by atoms with van der Waals surface area (Å²) >= 11 is 0. The molecule has 0 amide bonds. The Morgan fingerprint density at radius 3 is 2.67 bits per heavy atom. The second kappa shape index (κ2) is 9.80. The van der Waals surface area contributed by atoms with E-state index in [2.05, 4.69) is 31.1 Å². The molecule has 1 N–H and O–H groups in total. The molecule has 2 atom stereocenters. The minimum Gasteiger partial charge on any atom is -0.317 e. The highest BCUT2D eigenvalue weighted by atomic mass is 15.2. The SMILES string of the molecule is CCCCCCCC(C)N(C)C1CCCNCC1. The fraction of sp³-hybridized carbons (Fsp3) is 1.00. The van der Waals surface area contributed by atoms with Gasteiger partial charge in [0.2, 0.25) is 0 Å². The van der Waals surface area contributed by atoms with Crippen LogP contribution < -0.4 is 5.32 Å². The van der Waals surface area contributed by atoms with E-state index in [9.17, 15) is 0 Å². The van der Waals surface area contributed by atoms with E-state index in [4.69, 9.17) is 0 Å². The second-order valence-electron chi connectivity index (χ2n) is 6.05. The van der Waals surface area contributed by atoms with Crippen LogP contribution in [0.4, 0.5) is 0 Å². The second-order valence-corrected chi connectivity index (χ2v) is 6.05. The van der Waals surface area contributed by atoms with Crippen molar-refractivity contribution in [2.75, 3.05) is 20.1 Å². The Morgan fingerprint density at radius 1 is 1.11 bits per heavy atom. The molecule has 108 valence electrons. The van der Waals surface area contributed by atoms with E-state index in [0.717, 1.165) is 12.1 Å². The van der Waals surface area contributed by atoms with E-state index < -0.39 is 0 Å². The molecular formula is C16H34N2. The van der Waals surface area contributed by atoms with Gasteiger partial charge in [0, 0.05) is 12.1 Å². The standard InChI is InChI=1S/C16H34N2/c1-4-5-6-7-8-10-15(2)18(3)16-11-9-13-17-14-12-16/h15-17H,4-14H2,1-3H3. The van der Waals surface area contributed by atoms with E-state index in [1.54, 1.807) is 0 Å². The van der Waals surface area contributed by atoms with Crippen molar-refractivity contribution in [3.63, 3.8) is 0 Å². The third-order valence-corrected chi connectivity index (χ3v) is 4.54. The zero-order valence-corrected chi connectivity index (χ0v) is 12.9. The van der Waals surface area contributed by atoms with Crippen molar-refractivity contribution >= 4 is 0 Å². The molecule has 2 heteroatoms. The molecule has 1 fully saturated rings. The molecule has 0 aromatic carbocycles. The molecule has 18 heavy (non-hydrogen) atoms. The average Bonchev–Trinajstić information content (AvgIpc) is 2.66. The summed E-state index contributed by atoms with van der Waals surface area (Å²) in [6.07, 6.45) is 12.5. The van der Waals surface area contributed by atoms with Gasteiger partial charge in [-0.2, -0.15) is 0 Å². The Morgan fingerprint density at radius 2 is 1.89 bits per heavy atom. The first-order valence-corrected chi connectivity index (χ1v) is 8.18. The van der Waals surface area contributed by atoms with Crippen LogP contribution in [-0.2, 0) is 0 Å². The summed E-state index contributed by atoms with van der Waals surface area (Å²) in [4.78, 5) is 2.65. The number of hydrogen-bond donors (Lipinski definition) is 1. The van der Waals surface area contributed by atoms with Gasteiger partial charge in [-0.15, -0.1) is 0 Å². The third kappa shape index (κ3) is 6.19. The zero-order valence-electron chi connectivity index (χ0n) is 12.9. The minimum absolute atomic E-state index is 0.759. The van der Waals surface area contributed by atoms with E-state index in [1.165, 1.54) is 70.9 Å². The van der Waals surface area contributed by atoms with Crippen LogP contribution in [0.5, 0.6) is 0 Å². The highest BCUT2D eigenvalue weighted by Gasteiger charge is 2.20. The molecular weight excluding hydrogens is 220 g/mol. The Kier molecular flexibility index (Phi) is 8.70. The van der Waals surface area contributed by atoms with Crippen molar-refractivity contribution in [3.8, 4) is 0 Å². The van der Waals surface area contributed by atoms with Crippen molar-refractivity contribution in [1.82, 2.24) is 10.2 Å². The molecule has 0 aliphatic carbocycles. The van der Waals surface area contributed by atoms with Gasteiger partial charge in [0.25, 0.3) is 0 Å². The summed E-state index contributed by atoms with van der Waals surface area (Å²) < 4.78 is 0. The molecule has 2 unspecified atom stereocenters. The number of unbranched alkanes of at least 4 members (excludes halogenated alkanes) is 4. The van der Waals surface area contributed by atoms with Crippen LogP contribution in [0.15, 0.2) is 0 Å². The van der Waals surface area contributed by atoms with Crippen LogP contribution in [-0.4, -0.2) is 37.1 Å². The van der Waals surface area contributed by atoms with Crippen molar-refractivity contribution in [2.45, 2.75) is 83.7 Å². The van der Waals surface area contributed by atoms with Gasteiger partial charge in [-0.3, -0.25) is 0 Å². The quantitative estimate of drug-likeness (QED) is 0.663. The van der Waals surface area contributed by atoms with Crippen LogP contribution >= 0.6 is 0 Å². The maximum Gasteiger partial charge on any atom is 0.0108 e. The highest BCUT2D eigenvalue weighted by Crippen LogP contribution is 2.18. The maximum atomic E-state index is 3.51. The lowest BCUT2D eigenvalue weighted by atomic mass is 10.0. The highest BCUT2D eigenvalue weighted by molar-refractivity contribution is 4.77. The first kappa shape index (κ1) is 16.0. The van der Waals surface area contributed by atoms with Crippen LogP contribution in [0, 0.1) is 0 Å². The van der Waals surface area contributed by atoms with Crippen molar-refractivity contribution < 1.29 is 0 Å². The molecule has 1 rings (SSSR count). The molecule has 2 nitrogen and oxygen atoms in total. The maximum absolute atomic E-state index is 3.51. The summed E-state index contributed by atoms with van der Waals surface area (Å²) in [5.41, 5.74) is 0. The molecule has 0 spiro atoms.